The molecule has 5 rings (SSSR count). The Labute approximate surface area is 207 Å². The van der Waals surface area contributed by atoms with E-state index in [1.54, 1.807) is 20.3 Å². The Hall–Kier alpha value is -2.77. The Morgan fingerprint density at radius 1 is 1.03 bits per heavy atom. The summed E-state index contributed by atoms with van der Waals surface area (Å²) >= 11 is 12.1. The highest BCUT2D eigenvalue weighted by Crippen LogP contribution is 2.48. The Kier molecular flexibility index (Phi) is 5.94. The molecule has 3 aliphatic heterocycles. The molecule has 3 heterocycles. The summed E-state index contributed by atoms with van der Waals surface area (Å²) in [6.45, 7) is 0.544. The van der Waals surface area contributed by atoms with Crippen molar-refractivity contribution in [3.63, 3.8) is 0 Å². The number of piperidine rings is 1. The van der Waals surface area contributed by atoms with Gasteiger partial charge in [0.05, 0.1) is 36.3 Å². The van der Waals surface area contributed by atoms with Crippen molar-refractivity contribution in [1.29, 1.82) is 0 Å². The summed E-state index contributed by atoms with van der Waals surface area (Å²) in [4.78, 5) is 43.7. The zero-order valence-corrected chi connectivity index (χ0v) is 20.4. The first-order valence-electron chi connectivity index (χ1n) is 11.2. The van der Waals surface area contributed by atoms with E-state index in [1.165, 1.54) is 23.1 Å². The van der Waals surface area contributed by atoms with Crippen LogP contribution in [0.15, 0.2) is 30.3 Å². The van der Waals surface area contributed by atoms with Crippen molar-refractivity contribution in [2.45, 2.75) is 43.8 Å². The summed E-state index contributed by atoms with van der Waals surface area (Å²) in [5, 5.41) is 0.494. The molecule has 2 amide bonds. The number of piperazine rings is 1. The molecule has 0 aromatic heterocycles. The van der Waals surface area contributed by atoms with Crippen LogP contribution in [0.3, 0.4) is 0 Å². The maximum Gasteiger partial charge on any atom is 0.295 e. The molecule has 2 aromatic rings. The number of amides is 2. The average molecular weight is 503 g/mol. The molecule has 0 aliphatic carbocycles. The van der Waals surface area contributed by atoms with Crippen molar-refractivity contribution in [2.24, 2.45) is 0 Å². The van der Waals surface area contributed by atoms with Crippen molar-refractivity contribution in [3.8, 4) is 11.5 Å². The number of ketones is 1. The standard InChI is InChI=1S/C25H24Cl2N2O5/c1-33-15-10-13-8-9-28-22(21(13)20(12-15)34-2)18-4-3-5-19(24(28)31)29(18)25(32)23(30)14-6-7-16(26)17(27)11-14/h6-7,10-12,18-19,22H,3-5,8-9H2,1-2H3/t18-,19+,22?/m1/s1. The monoisotopic (exact) mass is 502 g/mol. The van der Waals surface area contributed by atoms with Gasteiger partial charge in [0.2, 0.25) is 11.7 Å². The van der Waals surface area contributed by atoms with Crippen LogP contribution < -0.4 is 9.47 Å². The maximum absolute atomic E-state index is 13.6. The van der Waals surface area contributed by atoms with Crippen LogP contribution in [0.25, 0.3) is 0 Å². The quantitative estimate of drug-likeness (QED) is 0.464. The number of methoxy groups -OCH3 is 2. The van der Waals surface area contributed by atoms with Crippen LogP contribution in [0.2, 0.25) is 10.0 Å². The van der Waals surface area contributed by atoms with Crippen LogP contribution in [-0.4, -0.2) is 60.2 Å². The molecular formula is C25H24Cl2N2O5. The van der Waals surface area contributed by atoms with Gasteiger partial charge in [-0.1, -0.05) is 23.2 Å². The minimum absolute atomic E-state index is 0.125. The number of ether oxygens (including phenoxy) is 2. The van der Waals surface area contributed by atoms with Gasteiger partial charge in [-0.15, -0.1) is 0 Å². The summed E-state index contributed by atoms with van der Waals surface area (Å²) in [6, 6.07) is 6.74. The second-order valence-corrected chi connectivity index (χ2v) is 9.63. The topological polar surface area (TPSA) is 76.2 Å². The molecule has 1 unspecified atom stereocenters. The van der Waals surface area contributed by atoms with Crippen molar-refractivity contribution in [1.82, 2.24) is 9.80 Å². The van der Waals surface area contributed by atoms with E-state index in [-0.39, 0.29) is 28.6 Å². The lowest BCUT2D eigenvalue weighted by atomic mass is 9.78. The van der Waals surface area contributed by atoms with E-state index in [1.807, 2.05) is 11.0 Å². The lowest BCUT2D eigenvalue weighted by Crippen LogP contribution is -2.68. The summed E-state index contributed by atoms with van der Waals surface area (Å²) in [7, 11) is 3.18. The highest BCUT2D eigenvalue weighted by molar-refractivity contribution is 6.45. The fourth-order valence-electron chi connectivity index (χ4n) is 5.61. The Morgan fingerprint density at radius 2 is 1.82 bits per heavy atom. The van der Waals surface area contributed by atoms with Crippen LogP contribution in [0.5, 0.6) is 11.5 Å². The van der Waals surface area contributed by atoms with E-state index < -0.39 is 17.7 Å². The van der Waals surface area contributed by atoms with Gasteiger partial charge in [0.25, 0.3) is 5.91 Å². The number of benzene rings is 2. The van der Waals surface area contributed by atoms with Gasteiger partial charge in [-0.2, -0.15) is 0 Å². The first kappa shape index (κ1) is 23.0. The van der Waals surface area contributed by atoms with Gasteiger partial charge in [0.15, 0.2) is 0 Å². The maximum atomic E-state index is 13.6. The molecular weight excluding hydrogens is 479 g/mol. The number of halogens is 2. The second-order valence-electron chi connectivity index (χ2n) is 8.81. The third kappa shape index (κ3) is 3.53. The molecule has 2 saturated heterocycles. The number of hydrogen-bond acceptors (Lipinski definition) is 5. The van der Waals surface area contributed by atoms with Gasteiger partial charge < -0.3 is 19.3 Å². The summed E-state index contributed by atoms with van der Waals surface area (Å²) in [6.07, 6.45) is 2.68. The molecule has 34 heavy (non-hydrogen) atoms. The van der Waals surface area contributed by atoms with E-state index in [9.17, 15) is 14.4 Å². The van der Waals surface area contributed by atoms with E-state index >= 15 is 0 Å². The molecule has 2 fully saturated rings. The summed E-state index contributed by atoms with van der Waals surface area (Å²) < 4.78 is 11.1. The molecule has 0 radical (unpaired) electrons. The van der Waals surface area contributed by atoms with Crippen LogP contribution in [-0.2, 0) is 16.0 Å². The fraction of sp³-hybridized carbons (Fsp3) is 0.400. The smallest absolute Gasteiger partial charge is 0.295 e. The second kappa shape index (κ2) is 8.78. The lowest BCUT2D eigenvalue weighted by Gasteiger charge is -2.55. The van der Waals surface area contributed by atoms with E-state index in [0.717, 1.165) is 17.5 Å². The Balaban J connectivity index is 1.57. The van der Waals surface area contributed by atoms with Crippen LogP contribution >= 0.6 is 23.2 Å². The average Bonchev–Trinajstić information content (AvgIpc) is 2.86. The minimum Gasteiger partial charge on any atom is -0.497 e. The molecule has 9 heteroatoms. The van der Waals surface area contributed by atoms with Crippen molar-refractivity contribution < 1.29 is 23.9 Å². The number of nitrogens with zero attached hydrogens (tertiary/aromatic N) is 2. The lowest BCUT2D eigenvalue weighted by molar-refractivity contribution is -0.164. The molecule has 2 aromatic carbocycles. The molecule has 3 atom stereocenters. The number of hydrogen-bond donors (Lipinski definition) is 0. The highest BCUT2D eigenvalue weighted by atomic mass is 35.5. The molecule has 3 aliphatic rings. The SMILES string of the molecule is COc1cc2c(c(OC)c1)C1[C@H]3CCC[C@@H](C(=O)N1CC2)N3C(=O)C(=O)c1ccc(Cl)c(Cl)c1. The van der Waals surface area contributed by atoms with Gasteiger partial charge >= 0.3 is 0 Å². The third-order valence-corrected chi connectivity index (χ3v) is 7.86. The highest BCUT2D eigenvalue weighted by Gasteiger charge is 2.54. The number of fused-ring (bicyclic) bond motifs is 6. The van der Waals surface area contributed by atoms with Crippen molar-refractivity contribution >= 4 is 40.8 Å². The van der Waals surface area contributed by atoms with E-state index in [2.05, 4.69) is 0 Å². The van der Waals surface area contributed by atoms with Gasteiger partial charge in [0, 0.05) is 23.7 Å². The molecule has 178 valence electrons. The van der Waals surface area contributed by atoms with Crippen LogP contribution in [0.1, 0.15) is 46.8 Å². The molecule has 0 spiro atoms. The van der Waals surface area contributed by atoms with Gasteiger partial charge in [0.1, 0.15) is 17.5 Å². The molecule has 0 saturated carbocycles. The van der Waals surface area contributed by atoms with E-state index in [0.29, 0.717) is 42.3 Å². The number of carbonyl (C=O) groups is 3. The van der Waals surface area contributed by atoms with Crippen molar-refractivity contribution in [2.75, 3.05) is 20.8 Å². The molecule has 0 N–H and O–H groups in total. The number of carbonyl (C=O) groups excluding carboxylic acids is 3. The van der Waals surface area contributed by atoms with Crippen LogP contribution in [0.4, 0.5) is 0 Å². The zero-order chi connectivity index (χ0) is 24.1. The van der Waals surface area contributed by atoms with Gasteiger partial charge in [-0.05, 0) is 55.5 Å². The van der Waals surface area contributed by atoms with Gasteiger partial charge in [-0.25, -0.2) is 0 Å². The fourth-order valence-corrected chi connectivity index (χ4v) is 5.91. The number of rotatable bonds is 4. The third-order valence-electron chi connectivity index (χ3n) is 7.12. The summed E-state index contributed by atoms with van der Waals surface area (Å²) in [5.41, 5.74) is 2.06. The minimum atomic E-state index is -0.700. The first-order valence-corrected chi connectivity index (χ1v) is 12.0. The van der Waals surface area contributed by atoms with E-state index in [4.69, 9.17) is 32.7 Å². The largest absolute Gasteiger partial charge is 0.497 e. The predicted molar refractivity (Wildman–Crippen MR) is 127 cm³/mol. The predicted octanol–water partition coefficient (Wildman–Crippen LogP) is 4.08. The van der Waals surface area contributed by atoms with Crippen molar-refractivity contribution in [3.05, 3.63) is 57.1 Å². The number of Topliss-reactive ketones (excluding diaryl/α,β-unsaturated/α-hetero) is 1. The molecule has 2 bridgehead atoms. The normalized spacial score (nSPS) is 23.2. The Bertz CT molecular complexity index is 1180. The molecule has 7 nitrogen and oxygen atoms in total. The zero-order valence-electron chi connectivity index (χ0n) is 18.8. The summed E-state index contributed by atoms with van der Waals surface area (Å²) in [5.74, 6) is -0.227. The van der Waals surface area contributed by atoms with Gasteiger partial charge in [-0.3, -0.25) is 14.4 Å². The Morgan fingerprint density at radius 3 is 2.53 bits per heavy atom. The first-order chi connectivity index (χ1) is 16.3. The van der Waals surface area contributed by atoms with Crippen LogP contribution in [0, 0.1) is 0 Å².